The number of nitrogens with one attached hydrogen (secondary N) is 1. The van der Waals surface area contributed by atoms with Crippen LogP contribution in [0, 0.1) is 0 Å². The van der Waals surface area contributed by atoms with Crippen molar-refractivity contribution >= 4 is 0 Å². The van der Waals surface area contributed by atoms with E-state index in [9.17, 15) is 0 Å². The van der Waals surface area contributed by atoms with Gasteiger partial charge in [-0.2, -0.15) is 0 Å². The molecule has 0 aliphatic rings. The van der Waals surface area contributed by atoms with Crippen molar-refractivity contribution in [1.29, 1.82) is 0 Å². The number of methoxy groups -OCH3 is 1. The molecule has 0 bridgehead atoms. The van der Waals surface area contributed by atoms with E-state index in [0.29, 0.717) is 19.8 Å². The predicted octanol–water partition coefficient (Wildman–Crippen LogP) is 0.00990. The van der Waals surface area contributed by atoms with Gasteiger partial charge in [0.05, 0.1) is 19.3 Å². The van der Waals surface area contributed by atoms with E-state index >= 15 is 0 Å². The monoisotopic (exact) mass is 191 g/mol. The molecule has 0 spiro atoms. The Hall–Kier alpha value is -0.160. The van der Waals surface area contributed by atoms with Crippen molar-refractivity contribution in [3.63, 3.8) is 0 Å². The van der Waals surface area contributed by atoms with Gasteiger partial charge in [0.2, 0.25) is 0 Å². The SMILES string of the molecule is COCCOCCCNC[C@H](C)O. The van der Waals surface area contributed by atoms with Crippen molar-refractivity contribution in [3.05, 3.63) is 0 Å². The van der Waals surface area contributed by atoms with Gasteiger partial charge in [0.25, 0.3) is 0 Å². The highest BCUT2D eigenvalue weighted by Gasteiger charge is 1.93. The average Bonchev–Trinajstić information content (AvgIpc) is 2.09. The summed E-state index contributed by atoms with van der Waals surface area (Å²) >= 11 is 0. The summed E-state index contributed by atoms with van der Waals surface area (Å²) in [6.45, 7) is 5.36. The predicted molar refractivity (Wildman–Crippen MR) is 51.9 cm³/mol. The van der Waals surface area contributed by atoms with E-state index in [0.717, 1.165) is 19.6 Å². The minimum Gasteiger partial charge on any atom is -0.392 e. The highest BCUT2D eigenvalue weighted by Crippen LogP contribution is 1.82. The number of ether oxygens (including phenoxy) is 2. The van der Waals surface area contributed by atoms with Crippen LogP contribution in [0.5, 0.6) is 0 Å². The summed E-state index contributed by atoms with van der Waals surface area (Å²) in [5, 5.41) is 12.0. The molecule has 0 aromatic carbocycles. The summed E-state index contributed by atoms with van der Waals surface area (Å²) in [5.74, 6) is 0. The average molecular weight is 191 g/mol. The van der Waals surface area contributed by atoms with E-state index in [1.54, 1.807) is 14.0 Å². The normalized spacial score (nSPS) is 13.2. The molecule has 0 fully saturated rings. The largest absolute Gasteiger partial charge is 0.392 e. The van der Waals surface area contributed by atoms with Crippen LogP contribution in [-0.2, 0) is 9.47 Å². The molecule has 0 aliphatic carbocycles. The maximum absolute atomic E-state index is 8.91. The lowest BCUT2D eigenvalue weighted by Crippen LogP contribution is -2.26. The first-order valence-corrected chi connectivity index (χ1v) is 4.73. The van der Waals surface area contributed by atoms with Gasteiger partial charge in [0.15, 0.2) is 0 Å². The molecular formula is C9H21NO3. The van der Waals surface area contributed by atoms with Crippen LogP contribution >= 0.6 is 0 Å². The number of aliphatic hydroxyl groups excluding tert-OH is 1. The molecule has 13 heavy (non-hydrogen) atoms. The Morgan fingerprint density at radius 1 is 1.31 bits per heavy atom. The molecule has 0 amide bonds. The zero-order valence-electron chi connectivity index (χ0n) is 8.58. The summed E-state index contributed by atoms with van der Waals surface area (Å²) in [5.41, 5.74) is 0. The van der Waals surface area contributed by atoms with Gasteiger partial charge in [-0.25, -0.2) is 0 Å². The van der Waals surface area contributed by atoms with Crippen LogP contribution < -0.4 is 5.32 Å². The topological polar surface area (TPSA) is 50.7 Å². The number of hydrogen-bond donors (Lipinski definition) is 2. The zero-order valence-corrected chi connectivity index (χ0v) is 8.58. The van der Waals surface area contributed by atoms with Crippen molar-refractivity contribution in [2.75, 3.05) is 40.0 Å². The lowest BCUT2D eigenvalue weighted by molar-refractivity contribution is 0.0691. The quantitative estimate of drug-likeness (QED) is 0.504. The van der Waals surface area contributed by atoms with E-state index in [2.05, 4.69) is 5.32 Å². The Kier molecular flexibility index (Phi) is 9.80. The van der Waals surface area contributed by atoms with E-state index in [1.165, 1.54) is 0 Å². The highest BCUT2D eigenvalue weighted by atomic mass is 16.5. The second-order valence-corrected chi connectivity index (χ2v) is 3.01. The minimum absolute atomic E-state index is 0.269. The molecule has 0 unspecified atom stereocenters. The number of aliphatic hydroxyl groups is 1. The standard InChI is InChI=1S/C9H21NO3/c1-9(11)8-10-4-3-5-13-7-6-12-2/h9-11H,3-8H2,1-2H3/t9-/m0/s1. The van der Waals surface area contributed by atoms with Crippen molar-refractivity contribution < 1.29 is 14.6 Å². The van der Waals surface area contributed by atoms with Gasteiger partial charge in [0.1, 0.15) is 0 Å². The van der Waals surface area contributed by atoms with Gasteiger partial charge in [-0.3, -0.25) is 0 Å². The summed E-state index contributed by atoms with van der Waals surface area (Å²) in [4.78, 5) is 0. The summed E-state index contributed by atoms with van der Waals surface area (Å²) in [6.07, 6.45) is 0.700. The molecule has 0 aromatic rings. The smallest absolute Gasteiger partial charge is 0.0700 e. The fourth-order valence-corrected chi connectivity index (χ4v) is 0.855. The van der Waals surface area contributed by atoms with Gasteiger partial charge in [0, 0.05) is 20.3 Å². The fraction of sp³-hybridized carbons (Fsp3) is 1.00. The summed E-state index contributed by atoms with van der Waals surface area (Å²) in [6, 6.07) is 0. The Morgan fingerprint density at radius 2 is 2.08 bits per heavy atom. The van der Waals surface area contributed by atoms with Crippen molar-refractivity contribution in [2.24, 2.45) is 0 Å². The van der Waals surface area contributed by atoms with Gasteiger partial charge >= 0.3 is 0 Å². The minimum atomic E-state index is -0.269. The van der Waals surface area contributed by atoms with Gasteiger partial charge in [-0.05, 0) is 19.9 Å². The maximum atomic E-state index is 8.91. The second kappa shape index (κ2) is 9.92. The van der Waals surface area contributed by atoms with Crippen LogP contribution in [0.1, 0.15) is 13.3 Å². The molecule has 4 nitrogen and oxygen atoms in total. The highest BCUT2D eigenvalue weighted by molar-refractivity contribution is 4.52. The second-order valence-electron chi connectivity index (χ2n) is 3.01. The van der Waals surface area contributed by atoms with Crippen molar-refractivity contribution in [3.8, 4) is 0 Å². The molecule has 80 valence electrons. The van der Waals surface area contributed by atoms with Crippen LogP contribution in [0.25, 0.3) is 0 Å². The Labute approximate surface area is 80.2 Å². The fourth-order valence-electron chi connectivity index (χ4n) is 0.855. The molecule has 0 rings (SSSR count). The molecule has 2 N–H and O–H groups in total. The number of hydrogen-bond acceptors (Lipinski definition) is 4. The molecule has 4 heteroatoms. The lowest BCUT2D eigenvalue weighted by Gasteiger charge is -2.06. The van der Waals surface area contributed by atoms with E-state index in [1.807, 2.05) is 0 Å². The third-order valence-corrected chi connectivity index (χ3v) is 1.51. The van der Waals surface area contributed by atoms with E-state index < -0.39 is 0 Å². The molecule has 0 heterocycles. The van der Waals surface area contributed by atoms with Crippen LogP contribution in [-0.4, -0.2) is 51.2 Å². The third-order valence-electron chi connectivity index (χ3n) is 1.51. The molecule has 0 radical (unpaired) electrons. The molecule has 0 saturated heterocycles. The molecule has 0 aromatic heterocycles. The van der Waals surface area contributed by atoms with Gasteiger partial charge < -0.3 is 19.9 Å². The first kappa shape index (κ1) is 12.8. The van der Waals surface area contributed by atoms with Crippen LogP contribution in [0.2, 0.25) is 0 Å². The Morgan fingerprint density at radius 3 is 2.69 bits per heavy atom. The van der Waals surface area contributed by atoms with Crippen molar-refractivity contribution in [2.45, 2.75) is 19.4 Å². The van der Waals surface area contributed by atoms with Gasteiger partial charge in [-0.1, -0.05) is 0 Å². The molecular weight excluding hydrogens is 170 g/mol. The summed E-state index contributed by atoms with van der Waals surface area (Å²) in [7, 11) is 1.66. The molecule has 1 atom stereocenters. The number of rotatable bonds is 9. The van der Waals surface area contributed by atoms with Gasteiger partial charge in [-0.15, -0.1) is 0 Å². The third kappa shape index (κ3) is 11.8. The van der Waals surface area contributed by atoms with E-state index in [-0.39, 0.29) is 6.10 Å². The maximum Gasteiger partial charge on any atom is 0.0700 e. The Bertz CT molecular complexity index is 98.9. The van der Waals surface area contributed by atoms with Crippen LogP contribution in [0.4, 0.5) is 0 Å². The molecule has 0 saturated carbocycles. The lowest BCUT2D eigenvalue weighted by atomic mass is 10.4. The zero-order chi connectivity index (χ0) is 9.94. The first-order valence-electron chi connectivity index (χ1n) is 4.73. The van der Waals surface area contributed by atoms with Crippen LogP contribution in [0.3, 0.4) is 0 Å². The van der Waals surface area contributed by atoms with Crippen molar-refractivity contribution in [1.82, 2.24) is 5.32 Å². The van der Waals surface area contributed by atoms with Crippen LogP contribution in [0.15, 0.2) is 0 Å². The molecule has 0 aliphatic heterocycles. The Balaban J connectivity index is 2.84. The van der Waals surface area contributed by atoms with E-state index in [4.69, 9.17) is 14.6 Å². The summed E-state index contributed by atoms with van der Waals surface area (Å²) < 4.78 is 10.1. The first-order chi connectivity index (χ1) is 6.27.